The molecule has 21 heavy (non-hydrogen) atoms. The molecule has 1 aliphatic carbocycles. The largest absolute Gasteiger partial charge is 0.573 e. The van der Waals surface area contributed by atoms with Gasteiger partial charge in [-0.25, -0.2) is 0 Å². The molecule has 6 heteroatoms. The van der Waals surface area contributed by atoms with E-state index in [9.17, 15) is 13.2 Å². The zero-order valence-electron chi connectivity index (χ0n) is 11.5. The molecule has 1 N–H and O–H groups in total. The zero-order valence-corrected chi connectivity index (χ0v) is 11.5. The monoisotopic (exact) mass is 296 g/mol. The maximum Gasteiger partial charge on any atom is 0.573 e. The number of nitrogens with zero attached hydrogens (tertiary/aromatic N) is 1. The lowest BCUT2D eigenvalue weighted by Gasteiger charge is -2.21. The molecule has 0 spiro atoms. The molecule has 3 rings (SSSR count). The van der Waals surface area contributed by atoms with E-state index < -0.39 is 6.36 Å². The molecule has 0 amide bonds. The van der Waals surface area contributed by atoms with Crippen molar-refractivity contribution in [1.82, 2.24) is 4.98 Å². The normalized spacial score (nSPS) is 14.9. The standard InChI is InChI=1S/C15H15F3N2O/c1-19-14-10-4-2-3-5-12(10)20-13-7-6-9(8-11(13)14)21-15(16,17)18/h6-8H,2-5H2,1H3,(H,19,20). The van der Waals surface area contributed by atoms with E-state index in [1.54, 1.807) is 13.1 Å². The van der Waals surface area contributed by atoms with Crippen LogP contribution < -0.4 is 10.1 Å². The summed E-state index contributed by atoms with van der Waals surface area (Å²) in [6, 6.07) is 4.28. The van der Waals surface area contributed by atoms with E-state index in [4.69, 9.17) is 0 Å². The van der Waals surface area contributed by atoms with Gasteiger partial charge in [-0.15, -0.1) is 13.2 Å². The number of aromatic nitrogens is 1. The highest BCUT2D eigenvalue weighted by molar-refractivity contribution is 5.94. The second-order valence-corrected chi connectivity index (χ2v) is 5.10. The maximum absolute atomic E-state index is 12.3. The Hall–Kier alpha value is -1.98. The average Bonchev–Trinajstić information content (AvgIpc) is 2.43. The fourth-order valence-corrected chi connectivity index (χ4v) is 2.89. The minimum absolute atomic E-state index is 0.218. The summed E-state index contributed by atoms with van der Waals surface area (Å²) in [5.74, 6) is -0.218. The number of hydrogen-bond donors (Lipinski definition) is 1. The molecule has 0 fully saturated rings. The lowest BCUT2D eigenvalue weighted by molar-refractivity contribution is -0.274. The quantitative estimate of drug-likeness (QED) is 0.907. The van der Waals surface area contributed by atoms with E-state index in [1.165, 1.54) is 12.1 Å². The van der Waals surface area contributed by atoms with Crippen molar-refractivity contribution in [3.63, 3.8) is 0 Å². The Morgan fingerprint density at radius 3 is 2.67 bits per heavy atom. The highest BCUT2D eigenvalue weighted by atomic mass is 19.4. The molecule has 1 aliphatic rings. The fourth-order valence-electron chi connectivity index (χ4n) is 2.89. The molecule has 0 atom stereocenters. The molecule has 0 unspecified atom stereocenters. The average molecular weight is 296 g/mol. The van der Waals surface area contributed by atoms with Crippen molar-refractivity contribution in [1.29, 1.82) is 0 Å². The number of hydrogen-bond acceptors (Lipinski definition) is 3. The summed E-state index contributed by atoms with van der Waals surface area (Å²) in [4.78, 5) is 4.59. The number of fused-ring (bicyclic) bond motifs is 2. The van der Waals surface area contributed by atoms with Gasteiger partial charge >= 0.3 is 6.36 Å². The van der Waals surface area contributed by atoms with Gasteiger partial charge in [-0.2, -0.15) is 0 Å². The topological polar surface area (TPSA) is 34.2 Å². The van der Waals surface area contributed by atoms with Gasteiger partial charge in [0.2, 0.25) is 0 Å². The van der Waals surface area contributed by atoms with Gasteiger partial charge in [0.15, 0.2) is 0 Å². The van der Waals surface area contributed by atoms with Crippen LogP contribution in [0.25, 0.3) is 10.9 Å². The van der Waals surface area contributed by atoms with Gasteiger partial charge in [0.05, 0.1) is 5.52 Å². The Bertz CT molecular complexity index is 683. The first-order chi connectivity index (χ1) is 9.98. The molecule has 0 aliphatic heterocycles. The Morgan fingerprint density at radius 2 is 1.95 bits per heavy atom. The number of nitrogens with one attached hydrogen (secondary N) is 1. The van der Waals surface area contributed by atoms with Crippen LogP contribution in [0.4, 0.5) is 18.9 Å². The van der Waals surface area contributed by atoms with Crippen molar-refractivity contribution in [2.24, 2.45) is 0 Å². The smallest absolute Gasteiger partial charge is 0.406 e. The number of aryl methyl sites for hydroxylation is 1. The fraction of sp³-hybridized carbons (Fsp3) is 0.400. The number of alkyl halides is 3. The van der Waals surface area contributed by atoms with Crippen LogP contribution in [0.3, 0.4) is 0 Å². The second kappa shape index (κ2) is 5.09. The van der Waals surface area contributed by atoms with Crippen LogP contribution in [-0.2, 0) is 12.8 Å². The predicted molar refractivity (Wildman–Crippen MR) is 74.6 cm³/mol. The van der Waals surface area contributed by atoms with Crippen molar-refractivity contribution in [3.8, 4) is 5.75 Å². The number of benzene rings is 1. The highest BCUT2D eigenvalue weighted by Gasteiger charge is 2.31. The Balaban J connectivity index is 2.15. The van der Waals surface area contributed by atoms with E-state index in [-0.39, 0.29) is 5.75 Å². The van der Waals surface area contributed by atoms with Crippen molar-refractivity contribution in [2.75, 3.05) is 12.4 Å². The SMILES string of the molecule is CNc1c2c(nc3ccc(OC(F)(F)F)cc13)CCCC2. The van der Waals surface area contributed by atoms with Gasteiger partial charge < -0.3 is 10.1 Å². The Morgan fingerprint density at radius 1 is 1.19 bits per heavy atom. The van der Waals surface area contributed by atoms with Crippen LogP contribution in [-0.4, -0.2) is 18.4 Å². The van der Waals surface area contributed by atoms with Gasteiger partial charge in [0.25, 0.3) is 0 Å². The zero-order chi connectivity index (χ0) is 15.0. The van der Waals surface area contributed by atoms with Crippen molar-refractivity contribution < 1.29 is 17.9 Å². The molecule has 0 radical (unpaired) electrons. The second-order valence-electron chi connectivity index (χ2n) is 5.10. The van der Waals surface area contributed by atoms with Crippen LogP contribution in [0.1, 0.15) is 24.1 Å². The van der Waals surface area contributed by atoms with Crippen LogP contribution in [0.2, 0.25) is 0 Å². The maximum atomic E-state index is 12.3. The number of ether oxygens (including phenoxy) is 1. The lowest BCUT2D eigenvalue weighted by atomic mass is 9.92. The molecule has 1 heterocycles. The molecular formula is C15H15F3N2O. The summed E-state index contributed by atoms with van der Waals surface area (Å²) in [7, 11) is 1.78. The summed E-state index contributed by atoms with van der Waals surface area (Å²) in [5, 5.41) is 3.78. The van der Waals surface area contributed by atoms with Gasteiger partial charge in [-0.3, -0.25) is 4.98 Å². The van der Waals surface area contributed by atoms with Crippen LogP contribution in [0, 0.1) is 0 Å². The van der Waals surface area contributed by atoms with Gasteiger partial charge in [-0.05, 0) is 49.4 Å². The van der Waals surface area contributed by atoms with Gasteiger partial charge in [0.1, 0.15) is 5.75 Å². The number of rotatable bonds is 2. The first kappa shape index (κ1) is 14.0. The van der Waals surface area contributed by atoms with Crippen LogP contribution in [0.15, 0.2) is 18.2 Å². The van der Waals surface area contributed by atoms with Gasteiger partial charge in [0, 0.05) is 23.8 Å². The molecule has 1 aromatic heterocycles. The van der Waals surface area contributed by atoms with E-state index in [2.05, 4.69) is 15.0 Å². The molecule has 0 bridgehead atoms. The third-order valence-electron chi connectivity index (χ3n) is 3.72. The van der Waals surface area contributed by atoms with E-state index in [1.807, 2.05) is 0 Å². The van der Waals surface area contributed by atoms with E-state index >= 15 is 0 Å². The molecule has 1 aromatic carbocycles. The molecule has 0 saturated carbocycles. The lowest BCUT2D eigenvalue weighted by Crippen LogP contribution is -2.17. The minimum atomic E-state index is -4.69. The van der Waals surface area contributed by atoms with Crippen LogP contribution >= 0.6 is 0 Å². The Kier molecular flexibility index (Phi) is 3.39. The summed E-state index contributed by atoms with van der Waals surface area (Å²) in [6.07, 6.45) is -0.688. The molecule has 3 nitrogen and oxygen atoms in total. The molecule has 0 saturated heterocycles. The Labute approximate surface area is 120 Å². The number of anilines is 1. The summed E-state index contributed by atoms with van der Waals surface area (Å²) in [6.45, 7) is 0. The minimum Gasteiger partial charge on any atom is -0.406 e. The third-order valence-corrected chi connectivity index (χ3v) is 3.72. The number of pyridine rings is 1. The third kappa shape index (κ3) is 2.75. The summed E-state index contributed by atoms with van der Waals surface area (Å²) in [5.41, 5.74) is 3.71. The molecule has 2 aromatic rings. The highest BCUT2D eigenvalue weighted by Crippen LogP contribution is 2.35. The van der Waals surface area contributed by atoms with E-state index in [0.29, 0.717) is 10.9 Å². The van der Waals surface area contributed by atoms with Crippen LogP contribution in [0.5, 0.6) is 5.75 Å². The molecule has 112 valence electrons. The first-order valence-electron chi connectivity index (χ1n) is 6.87. The van der Waals surface area contributed by atoms with Gasteiger partial charge in [-0.1, -0.05) is 0 Å². The predicted octanol–water partition coefficient (Wildman–Crippen LogP) is 4.05. The van der Waals surface area contributed by atoms with Crippen molar-refractivity contribution >= 4 is 16.6 Å². The summed E-state index contributed by atoms with van der Waals surface area (Å²) >= 11 is 0. The molecular weight excluding hydrogens is 281 g/mol. The van der Waals surface area contributed by atoms with E-state index in [0.717, 1.165) is 42.6 Å². The van der Waals surface area contributed by atoms with Crippen molar-refractivity contribution in [3.05, 3.63) is 29.5 Å². The summed E-state index contributed by atoms with van der Waals surface area (Å²) < 4.78 is 41.0. The number of halogens is 3. The van der Waals surface area contributed by atoms with Crippen molar-refractivity contribution in [2.45, 2.75) is 32.0 Å². The first-order valence-corrected chi connectivity index (χ1v) is 6.87.